The lowest BCUT2D eigenvalue weighted by molar-refractivity contribution is -0.858. The van der Waals surface area contributed by atoms with Crippen molar-refractivity contribution in [2.75, 3.05) is 32.1 Å². The van der Waals surface area contributed by atoms with Crippen LogP contribution in [0.5, 0.6) is 0 Å². The molecule has 2 aromatic carbocycles. The Bertz CT molecular complexity index is 922. The van der Waals surface area contributed by atoms with Gasteiger partial charge in [-0.1, -0.05) is 41.1 Å². The smallest absolute Gasteiger partial charge is 0.261 e. The number of amides is 1. The van der Waals surface area contributed by atoms with Crippen LogP contribution in [0.4, 0.5) is 5.13 Å². The maximum Gasteiger partial charge on any atom is 0.261 e. The first-order valence-corrected chi connectivity index (χ1v) is 9.88. The van der Waals surface area contributed by atoms with Crippen LogP contribution in [-0.4, -0.2) is 38.1 Å². The van der Waals surface area contributed by atoms with Gasteiger partial charge in [-0.25, -0.2) is 4.98 Å². The van der Waals surface area contributed by atoms with Gasteiger partial charge in [0.1, 0.15) is 0 Å². The number of fused-ring (bicyclic) bond motifs is 1. The predicted octanol–water partition coefficient (Wildman–Crippen LogP) is 3.44. The lowest BCUT2D eigenvalue weighted by Gasteiger charge is -2.21. The molecule has 6 heteroatoms. The fourth-order valence-electron chi connectivity index (χ4n) is 2.79. The van der Waals surface area contributed by atoms with E-state index in [0.29, 0.717) is 17.1 Å². The fourth-order valence-corrected chi connectivity index (χ4v) is 4.09. The van der Waals surface area contributed by atoms with Gasteiger partial charge < -0.3 is 4.90 Å². The van der Waals surface area contributed by atoms with E-state index in [1.54, 1.807) is 28.4 Å². The molecular weight excluding hydrogens is 366 g/mol. The molecular formula is C20H23ClN3OS+. The van der Waals surface area contributed by atoms with Gasteiger partial charge in [0, 0.05) is 13.0 Å². The zero-order chi connectivity index (χ0) is 18.7. The van der Waals surface area contributed by atoms with Crippen molar-refractivity contribution < 1.29 is 9.69 Å². The number of aryl methyl sites for hydroxylation is 1. The summed E-state index contributed by atoms with van der Waals surface area (Å²) < 4.78 is 1.09. The topological polar surface area (TPSA) is 37.6 Å². The zero-order valence-electron chi connectivity index (χ0n) is 15.3. The Labute approximate surface area is 163 Å². The number of nitrogens with zero attached hydrogens (tertiary/aromatic N) is 2. The van der Waals surface area contributed by atoms with Crippen molar-refractivity contribution in [3.63, 3.8) is 0 Å². The van der Waals surface area contributed by atoms with Crippen LogP contribution < -0.4 is 9.80 Å². The summed E-state index contributed by atoms with van der Waals surface area (Å²) in [5.41, 5.74) is 2.63. The molecule has 26 heavy (non-hydrogen) atoms. The minimum absolute atomic E-state index is 0.0971. The van der Waals surface area contributed by atoms with Gasteiger partial charge >= 0.3 is 0 Å². The minimum Gasteiger partial charge on any atom is -0.340 e. The summed E-state index contributed by atoms with van der Waals surface area (Å²) in [6.07, 6.45) is 0.896. The number of quaternary nitrogens is 1. The number of rotatable bonds is 6. The van der Waals surface area contributed by atoms with Gasteiger partial charge in [-0.2, -0.15) is 0 Å². The second-order valence-corrected chi connectivity index (χ2v) is 8.13. The molecule has 0 saturated heterocycles. The number of halogens is 1. The van der Waals surface area contributed by atoms with E-state index in [0.717, 1.165) is 28.3 Å². The number of nitrogens with one attached hydrogen (secondary N) is 1. The Balaban J connectivity index is 1.96. The fraction of sp³-hybridized carbons (Fsp3) is 0.300. The average Bonchev–Trinajstić information content (AvgIpc) is 3.01. The van der Waals surface area contributed by atoms with E-state index in [-0.39, 0.29) is 5.91 Å². The van der Waals surface area contributed by atoms with Gasteiger partial charge in [-0.05, 0) is 36.8 Å². The number of aromatic nitrogens is 1. The molecule has 0 bridgehead atoms. The summed E-state index contributed by atoms with van der Waals surface area (Å²) in [7, 11) is 4.22. The summed E-state index contributed by atoms with van der Waals surface area (Å²) in [6, 6.07) is 13.3. The van der Waals surface area contributed by atoms with Gasteiger partial charge in [-0.3, -0.25) is 9.69 Å². The SMILES string of the molecule is Cc1ccc2nc(N(CCC[NH+](C)C)C(=O)c3ccccc3Cl)sc2c1. The minimum atomic E-state index is -0.0971. The number of hydrogen-bond donors (Lipinski definition) is 1. The van der Waals surface area contributed by atoms with Crippen molar-refractivity contribution >= 4 is 44.2 Å². The quantitative estimate of drug-likeness (QED) is 0.702. The van der Waals surface area contributed by atoms with Crippen molar-refractivity contribution in [3.05, 3.63) is 58.6 Å². The van der Waals surface area contributed by atoms with Crippen LogP contribution in [0.1, 0.15) is 22.3 Å². The predicted molar refractivity (Wildman–Crippen MR) is 110 cm³/mol. The maximum atomic E-state index is 13.2. The molecule has 0 radical (unpaired) electrons. The van der Waals surface area contributed by atoms with E-state index >= 15 is 0 Å². The number of thiazole rings is 1. The normalized spacial score (nSPS) is 11.3. The largest absolute Gasteiger partial charge is 0.340 e. The first-order valence-electron chi connectivity index (χ1n) is 8.68. The lowest BCUT2D eigenvalue weighted by atomic mass is 10.2. The van der Waals surface area contributed by atoms with Crippen LogP contribution >= 0.6 is 22.9 Å². The summed E-state index contributed by atoms with van der Waals surface area (Å²) in [4.78, 5) is 21.0. The van der Waals surface area contributed by atoms with E-state index in [1.807, 2.05) is 24.3 Å². The molecule has 1 N–H and O–H groups in total. The molecule has 1 aromatic heterocycles. The number of hydrogen-bond acceptors (Lipinski definition) is 3. The molecule has 3 rings (SSSR count). The van der Waals surface area contributed by atoms with E-state index in [2.05, 4.69) is 27.1 Å². The lowest BCUT2D eigenvalue weighted by Crippen LogP contribution is -3.05. The Morgan fingerprint density at radius 3 is 2.73 bits per heavy atom. The molecule has 0 fully saturated rings. The van der Waals surface area contributed by atoms with Crippen LogP contribution in [0.25, 0.3) is 10.2 Å². The molecule has 0 aliphatic heterocycles. The number of carbonyl (C=O) groups is 1. The van der Waals surface area contributed by atoms with Gasteiger partial charge in [-0.15, -0.1) is 0 Å². The first-order chi connectivity index (χ1) is 12.5. The second-order valence-electron chi connectivity index (χ2n) is 6.71. The van der Waals surface area contributed by atoms with Gasteiger partial charge in [0.05, 0.1) is 41.4 Å². The van der Waals surface area contributed by atoms with Crippen LogP contribution in [0.15, 0.2) is 42.5 Å². The molecule has 0 aliphatic carbocycles. The van der Waals surface area contributed by atoms with Gasteiger partial charge in [0.2, 0.25) is 0 Å². The van der Waals surface area contributed by atoms with E-state index < -0.39 is 0 Å². The summed E-state index contributed by atoms with van der Waals surface area (Å²) in [6.45, 7) is 3.66. The highest BCUT2D eigenvalue weighted by molar-refractivity contribution is 7.22. The Kier molecular flexibility index (Phi) is 5.91. The first kappa shape index (κ1) is 18.8. The summed E-state index contributed by atoms with van der Waals surface area (Å²) in [5.74, 6) is -0.0971. The monoisotopic (exact) mass is 388 g/mol. The highest BCUT2D eigenvalue weighted by Gasteiger charge is 2.23. The second kappa shape index (κ2) is 8.16. The molecule has 0 atom stereocenters. The molecule has 0 aliphatic rings. The summed E-state index contributed by atoms with van der Waals surface area (Å²) in [5, 5.41) is 1.20. The third-order valence-electron chi connectivity index (χ3n) is 4.17. The number of anilines is 1. The maximum absolute atomic E-state index is 13.2. The molecule has 0 unspecified atom stereocenters. The Hall–Kier alpha value is -1.95. The van der Waals surface area contributed by atoms with Crippen molar-refractivity contribution in [2.45, 2.75) is 13.3 Å². The Morgan fingerprint density at radius 1 is 1.23 bits per heavy atom. The number of carbonyl (C=O) groups excluding carboxylic acids is 1. The molecule has 0 saturated carbocycles. The highest BCUT2D eigenvalue weighted by Crippen LogP contribution is 2.31. The van der Waals surface area contributed by atoms with Gasteiger partial charge in [0.15, 0.2) is 5.13 Å². The van der Waals surface area contributed by atoms with Crippen LogP contribution in [0.3, 0.4) is 0 Å². The molecule has 136 valence electrons. The van der Waals surface area contributed by atoms with Crippen molar-refractivity contribution in [3.8, 4) is 0 Å². The van der Waals surface area contributed by atoms with E-state index in [4.69, 9.17) is 16.6 Å². The van der Waals surface area contributed by atoms with Crippen molar-refractivity contribution in [2.24, 2.45) is 0 Å². The molecule has 0 spiro atoms. The van der Waals surface area contributed by atoms with Gasteiger partial charge in [0.25, 0.3) is 5.91 Å². The average molecular weight is 389 g/mol. The third kappa shape index (κ3) is 4.23. The third-order valence-corrected chi connectivity index (χ3v) is 5.54. The zero-order valence-corrected chi connectivity index (χ0v) is 16.8. The summed E-state index contributed by atoms with van der Waals surface area (Å²) >= 11 is 7.82. The van der Waals surface area contributed by atoms with Crippen LogP contribution in [0.2, 0.25) is 5.02 Å². The molecule has 1 amide bonds. The van der Waals surface area contributed by atoms with Crippen LogP contribution in [-0.2, 0) is 0 Å². The molecule has 4 nitrogen and oxygen atoms in total. The Morgan fingerprint density at radius 2 is 2.00 bits per heavy atom. The molecule has 1 heterocycles. The highest BCUT2D eigenvalue weighted by atomic mass is 35.5. The van der Waals surface area contributed by atoms with Crippen molar-refractivity contribution in [1.82, 2.24) is 4.98 Å². The van der Waals surface area contributed by atoms with E-state index in [1.165, 1.54) is 10.5 Å². The number of benzene rings is 2. The van der Waals surface area contributed by atoms with E-state index in [9.17, 15) is 4.79 Å². The standard InChI is InChI=1S/C20H22ClN3OS/c1-14-9-10-17-18(13-14)26-20(22-17)24(12-6-11-23(2)3)19(25)15-7-4-5-8-16(15)21/h4-5,7-10,13H,6,11-12H2,1-3H3/p+1. The molecule has 3 aromatic rings. The van der Waals surface area contributed by atoms with Crippen LogP contribution in [0, 0.1) is 6.92 Å². The van der Waals surface area contributed by atoms with Crippen molar-refractivity contribution in [1.29, 1.82) is 0 Å².